The SMILES string of the molecule is COC1CCCCN1C(=O)C1(c2ccc(Cl)cc2)CC1. The molecule has 3 nitrogen and oxygen atoms in total. The first kappa shape index (κ1) is 13.9. The molecule has 20 heavy (non-hydrogen) atoms. The molecule has 1 amide bonds. The quantitative estimate of drug-likeness (QED) is 0.855. The fourth-order valence-corrected chi connectivity index (χ4v) is 3.30. The van der Waals surface area contributed by atoms with Crippen LogP contribution in [0, 0.1) is 0 Å². The molecule has 2 aliphatic rings. The largest absolute Gasteiger partial charge is 0.362 e. The lowest BCUT2D eigenvalue weighted by atomic mass is 9.93. The van der Waals surface area contributed by atoms with Gasteiger partial charge in [-0.3, -0.25) is 4.79 Å². The van der Waals surface area contributed by atoms with E-state index in [9.17, 15) is 4.79 Å². The number of rotatable bonds is 3. The number of likely N-dealkylation sites (tertiary alicyclic amines) is 1. The van der Waals surface area contributed by atoms with Gasteiger partial charge in [0.1, 0.15) is 6.23 Å². The number of piperidine rings is 1. The number of carbonyl (C=O) groups is 1. The molecule has 0 aromatic heterocycles. The smallest absolute Gasteiger partial charge is 0.235 e. The summed E-state index contributed by atoms with van der Waals surface area (Å²) in [4.78, 5) is 14.9. The molecule has 108 valence electrons. The van der Waals surface area contributed by atoms with Crippen LogP contribution in [0.2, 0.25) is 5.02 Å². The first-order valence-corrected chi connectivity index (χ1v) is 7.65. The van der Waals surface area contributed by atoms with E-state index in [0.717, 1.165) is 44.2 Å². The van der Waals surface area contributed by atoms with Crippen LogP contribution in [-0.2, 0) is 14.9 Å². The van der Waals surface area contributed by atoms with E-state index in [-0.39, 0.29) is 17.6 Å². The highest BCUT2D eigenvalue weighted by Gasteiger charge is 2.54. The number of ether oxygens (including phenoxy) is 1. The van der Waals surface area contributed by atoms with E-state index >= 15 is 0 Å². The van der Waals surface area contributed by atoms with Gasteiger partial charge in [0.2, 0.25) is 5.91 Å². The molecular weight excluding hydrogens is 274 g/mol. The van der Waals surface area contributed by atoms with Crippen LogP contribution in [0.5, 0.6) is 0 Å². The molecule has 1 saturated heterocycles. The fourth-order valence-electron chi connectivity index (χ4n) is 3.17. The number of hydrogen-bond donors (Lipinski definition) is 0. The third kappa shape index (κ3) is 2.33. The molecule has 2 fully saturated rings. The van der Waals surface area contributed by atoms with Gasteiger partial charge >= 0.3 is 0 Å². The van der Waals surface area contributed by atoms with Crippen LogP contribution in [0.4, 0.5) is 0 Å². The van der Waals surface area contributed by atoms with Crippen LogP contribution < -0.4 is 0 Å². The second kappa shape index (κ2) is 5.38. The van der Waals surface area contributed by atoms with Crippen LogP contribution in [0.3, 0.4) is 0 Å². The minimum atomic E-state index is -0.321. The van der Waals surface area contributed by atoms with Crippen molar-refractivity contribution in [3.05, 3.63) is 34.9 Å². The minimum Gasteiger partial charge on any atom is -0.362 e. The monoisotopic (exact) mass is 293 g/mol. The predicted molar refractivity (Wildman–Crippen MR) is 78.7 cm³/mol. The Labute approximate surface area is 124 Å². The van der Waals surface area contributed by atoms with Crippen molar-refractivity contribution in [1.82, 2.24) is 4.90 Å². The number of amides is 1. The van der Waals surface area contributed by atoms with Gasteiger partial charge in [0, 0.05) is 18.7 Å². The maximum absolute atomic E-state index is 12.9. The zero-order valence-corrected chi connectivity index (χ0v) is 12.5. The van der Waals surface area contributed by atoms with Crippen molar-refractivity contribution in [2.75, 3.05) is 13.7 Å². The molecule has 1 unspecified atom stereocenters. The average molecular weight is 294 g/mol. The van der Waals surface area contributed by atoms with Gasteiger partial charge in [0.05, 0.1) is 5.41 Å². The van der Waals surface area contributed by atoms with Crippen molar-refractivity contribution in [2.45, 2.75) is 43.7 Å². The van der Waals surface area contributed by atoms with Crippen LogP contribution in [-0.4, -0.2) is 30.7 Å². The van der Waals surface area contributed by atoms with Gasteiger partial charge in [0.15, 0.2) is 0 Å². The molecule has 1 aliphatic carbocycles. The van der Waals surface area contributed by atoms with Crippen molar-refractivity contribution in [3.8, 4) is 0 Å². The number of hydrogen-bond acceptors (Lipinski definition) is 2. The van der Waals surface area contributed by atoms with Crippen molar-refractivity contribution < 1.29 is 9.53 Å². The zero-order chi connectivity index (χ0) is 14.2. The van der Waals surface area contributed by atoms with E-state index in [1.54, 1.807) is 7.11 Å². The van der Waals surface area contributed by atoms with Crippen LogP contribution in [0.25, 0.3) is 0 Å². The van der Waals surface area contributed by atoms with E-state index in [1.165, 1.54) is 0 Å². The van der Waals surface area contributed by atoms with Crippen LogP contribution >= 0.6 is 11.6 Å². The summed E-state index contributed by atoms with van der Waals surface area (Å²) in [5.74, 6) is 0.228. The molecule has 1 heterocycles. The molecule has 0 bridgehead atoms. The Balaban J connectivity index is 1.83. The summed E-state index contributed by atoms with van der Waals surface area (Å²) in [5.41, 5.74) is 0.769. The highest BCUT2D eigenvalue weighted by atomic mass is 35.5. The highest BCUT2D eigenvalue weighted by molar-refractivity contribution is 6.30. The Morgan fingerprint density at radius 2 is 2.00 bits per heavy atom. The molecule has 1 aromatic rings. The van der Waals surface area contributed by atoms with Gasteiger partial charge in [-0.05, 0) is 49.8 Å². The molecular formula is C16H20ClNO2. The van der Waals surface area contributed by atoms with Gasteiger partial charge < -0.3 is 9.64 Å². The first-order chi connectivity index (χ1) is 9.67. The van der Waals surface area contributed by atoms with E-state index in [2.05, 4.69) is 0 Å². The van der Waals surface area contributed by atoms with Crippen LogP contribution in [0.15, 0.2) is 24.3 Å². The first-order valence-electron chi connectivity index (χ1n) is 7.27. The number of benzene rings is 1. The lowest BCUT2D eigenvalue weighted by molar-refractivity contribution is -0.150. The van der Waals surface area contributed by atoms with E-state index < -0.39 is 0 Å². The van der Waals surface area contributed by atoms with Gasteiger partial charge in [-0.1, -0.05) is 23.7 Å². The Morgan fingerprint density at radius 1 is 1.30 bits per heavy atom. The van der Waals surface area contributed by atoms with Gasteiger partial charge in [-0.2, -0.15) is 0 Å². The topological polar surface area (TPSA) is 29.5 Å². The Morgan fingerprint density at radius 3 is 2.60 bits per heavy atom. The van der Waals surface area contributed by atoms with Crippen molar-refractivity contribution >= 4 is 17.5 Å². The maximum Gasteiger partial charge on any atom is 0.235 e. The Bertz CT molecular complexity index is 496. The summed E-state index contributed by atoms with van der Waals surface area (Å²) in [6.07, 6.45) is 4.96. The Kier molecular flexibility index (Phi) is 3.74. The normalized spacial score (nSPS) is 24.5. The number of carbonyl (C=O) groups excluding carboxylic acids is 1. The third-order valence-corrected chi connectivity index (χ3v) is 4.79. The molecule has 0 N–H and O–H groups in total. The predicted octanol–water partition coefficient (Wildman–Crippen LogP) is 3.36. The van der Waals surface area contributed by atoms with Gasteiger partial charge in [-0.25, -0.2) is 0 Å². The molecule has 0 radical (unpaired) electrons. The summed E-state index contributed by atoms with van der Waals surface area (Å²) in [6, 6.07) is 7.71. The third-order valence-electron chi connectivity index (χ3n) is 4.54. The molecule has 1 aromatic carbocycles. The lowest BCUT2D eigenvalue weighted by Crippen LogP contribution is -2.49. The number of methoxy groups -OCH3 is 1. The fraction of sp³-hybridized carbons (Fsp3) is 0.562. The molecule has 1 saturated carbocycles. The lowest BCUT2D eigenvalue weighted by Gasteiger charge is -2.37. The summed E-state index contributed by atoms with van der Waals surface area (Å²) in [7, 11) is 1.69. The standard InChI is InChI=1S/C16H20ClNO2/c1-20-14-4-2-3-11-18(14)15(19)16(9-10-16)12-5-7-13(17)8-6-12/h5-8,14H,2-4,9-11H2,1H3. The van der Waals surface area contributed by atoms with Gasteiger partial charge in [0.25, 0.3) is 0 Å². The van der Waals surface area contributed by atoms with Crippen LogP contribution in [0.1, 0.15) is 37.7 Å². The molecule has 1 atom stereocenters. The number of halogens is 1. The number of nitrogens with zero attached hydrogens (tertiary/aromatic N) is 1. The molecule has 0 spiro atoms. The molecule has 4 heteroatoms. The highest BCUT2D eigenvalue weighted by Crippen LogP contribution is 2.50. The average Bonchev–Trinajstić information content (AvgIpc) is 3.29. The van der Waals surface area contributed by atoms with E-state index in [1.807, 2.05) is 29.2 Å². The summed E-state index contributed by atoms with van der Waals surface area (Å²) >= 11 is 5.94. The van der Waals surface area contributed by atoms with Gasteiger partial charge in [-0.15, -0.1) is 0 Å². The zero-order valence-electron chi connectivity index (χ0n) is 11.8. The minimum absolute atomic E-state index is 0.0546. The second-order valence-electron chi connectivity index (χ2n) is 5.77. The molecule has 1 aliphatic heterocycles. The van der Waals surface area contributed by atoms with Crippen molar-refractivity contribution in [2.24, 2.45) is 0 Å². The maximum atomic E-state index is 12.9. The summed E-state index contributed by atoms with van der Waals surface area (Å²) < 4.78 is 5.49. The van der Waals surface area contributed by atoms with E-state index in [4.69, 9.17) is 16.3 Å². The van der Waals surface area contributed by atoms with Crippen molar-refractivity contribution in [3.63, 3.8) is 0 Å². The molecule has 3 rings (SSSR count). The second-order valence-corrected chi connectivity index (χ2v) is 6.21. The summed E-state index contributed by atoms with van der Waals surface area (Å²) in [5, 5.41) is 0.713. The summed E-state index contributed by atoms with van der Waals surface area (Å²) in [6.45, 7) is 0.812. The van der Waals surface area contributed by atoms with Crippen molar-refractivity contribution in [1.29, 1.82) is 0 Å². The van der Waals surface area contributed by atoms with E-state index in [0.29, 0.717) is 5.02 Å². The Hall–Kier alpha value is -1.06.